The van der Waals surface area contributed by atoms with Crippen LogP contribution in [0.25, 0.3) is 0 Å². The van der Waals surface area contributed by atoms with Crippen molar-refractivity contribution < 1.29 is 4.74 Å². The molecule has 1 aromatic heterocycles. The maximum atomic E-state index is 5.33. The predicted octanol–water partition coefficient (Wildman–Crippen LogP) is 0.365. The maximum Gasteiger partial charge on any atom is 0.158 e. The first-order valence-corrected chi connectivity index (χ1v) is 4.76. The molecule has 1 rings (SSSR count). The second-order valence-corrected chi connectivity index (χ2v) is 3.12. The van der Waals surface area contributed by atoms with E-state index in [0.717, 1.165) is 12.4 Å². The molecule has 0 saturated carbocycles. The van der Waals surface area contributed by atoms with E-state index in [1.165, 1.54) is 0 Å². The zero-order valence-electron chi connectivity index (χ0n) is 9.32. The molecule has 84 valence electrons. The Labute approximate surface area is 89.4 Å². The minimum absolute atomic E-state index is 0.375. The van der Waals surface area contributed by atoms with Gasteiger partial charge in [0.05, 0.1) is 0 Å². The first-order chi connectivity index (χ1) is 7.21. The van der Waals surface area contributed by atoms with Gasteiger partial charge in [-0.05, 0) is 6.92 Å². The van der Waals surface area contributed by atoms with E-state index in [1.54, 1.807) is 13.2 Å². The van der Waals surface area contributed by atoms with Crippen LogP contribution in [0.5, 0.6) is 0 Å². The first-order valence-electron chi connectivity index (χ1n) is 4.76. The summed E-state index contributed by atoms with van der Waals surface area (Å²) in [5.74, 6) is 7.36. The lowest BCUT2D eigenvalue weighted by Gasteiger charge is -2.16. The molecule has 0 aliphatic rings. The van der Waals surface area contributed by atoms with Crippen LogP contribution in [0.3, 0.4) is 0 Å². The second-order valence-electron chi connectivity index (χ2n) is 3.12. The number of hydrogen-bond acceptors (Lipinski definition) is 6. The molecule has 0 saturated heterocycles. The van der Waals surface area contributed by atoms with Gasteiger partial charge >= 0.3 is 0 Å². The highest BCUT2D eigenvalue weighted by Crippen LogP contribution is 2.14. The van der Waals surface area contributed by atoms with Crippen molar-refractivity contribution in [3.63, 3.8) is 0 Å². The van der Waals surface area contributed by atoms with Crippen molar-refractivity contribution in [1.82, 2.24) is 9.97 Å². The Hall–Kier alpha value is -1.40. The van der Waals surface area contributed by atoms with Crippen molar-refractivity contribution in [2.24, 2.45) is 5.84 Å². The summed E-state index contributed by atoms with van der Waals surface area (Å²) in [6.07, 6.45) is 0. The van der Waals surface area contributed by atoms with Gasteiger partial charge in [0.1, 0.15) is 18.2 Å². The summed E-state index contributed by atoms with van der Waals surface area (Å²) in [5.41, 5.74) is 2.51. The molecule has 0 fully saturated rings. The lowest BCUT2D eigenvalue weighted by molar-refractivity contribution is 0.178. The zero-order valence-corrected chi connectivity index (χ0v) is 9.32. The third-order valence-electron chi connectivity index (χ3n) is 2.05. The van der Waals surface area contributed by atoms with E-state index in [0.29, 0.717) is 18.2 Å². The van der Waals surface area contributed by atoms with Crippen LogP contribution >= 0.6 is 0 Å². The highest BCUT2D eigenvalue weighted by Gasteiger charge is 2.06. The molecule has 0 spiro atoms. The van der Waals surface area contributed by atoms with Crippen molar-refractivity contribution >= 4 is 11.6 Å². The molecule has 1 heterocycles. The molecule has 0 aromatic carbocycles. The Morgan fingerprint density at radius 3 is 2.80 bits per heavy atom. The van der Waals surface area contributed by atoms with Gasteiger partial charge in [-0.2, -0.15) is 0 Å². The minimum Gasteiger partial charge on any atom is -0.377 e. The largest absolute Gasteiger partial charge is 0.377 e. The van der Waals surface area contributed by atoms with Gasteiger partial charge in [0.15, 0.2) is 5.82 Å². The summed E-state index contributed by atoms with van der Waals surface area (Å²) >= 11 is 0. The molecule has 0 bridgehead atoms. The number of hydrogen-bond donors (Lipinski definition) is 2. The topological polar surface area (TPSA) is 76.3 Å². The van der Waals surface area contributed by atoms with Crippen LogP contribution in [0.4, 0.5) is 11.6 Å². The maximum absolute atomic E-state index is 5.33. The van der Waals surface area contributed by atoms with E-state index in [-0.39, 0.29) is 0 Å². The quantitative estimate of drug-likeness (QED) is 0.541. The van der Waals surface area contributed by atoms with Crippen LogP contribution in [0.2, 0.25) is 0 Å². The van der Waals surface area contributed by atoms with Crippen LogP contribution in [-0.2, 0) is 11.3 Å². The highest BCUT2D eigenvalue weighted by molar-refractivity contribution is 5.48. The minimum atomic E-state index is 0.375. The van der Waals surface area contributed by atoms with E-state index in [2.05, 4.69) is 15.4 Å². The Morgan fingerprint density at radius 2 is 2.27 bits per heavy atom. The summed E-state index contributed by atoms with van der Waals surface area (Å²) in [4.78, 5) is 10.5. The molecule has 0 atom stereocenters. The summed E-state index contributed by atoms with van der Waals surface area (Å²) in [5, 5.41) is 0. The Kier molecular flexibility index (Phi) is 4.26. The number of anilines is 2. The van der Waals surface area contributed by atoms with Crippen molar-refractivity contribution in [1.29, 1.82) is 0 Å². The van der Waals surface area contributed by atoms with Crippen molar-refractivity contribution in [2.75, 3.05) is 31.0 Å². The Bertz CT molecular complexity index is 317. The van der Waals surface area contributed by atoms with Gasteiger partial charge in [0, 0.05) is 26.8 Å². The number of methoxy groups -OCH3 is 1. The highest BCUT2D eigenvalue weighted by atomic mass is 16.5. The molecule has 1 aromatic rings. The molecule has 0 aliphatic carbocycles. The van der Waals surface area contributed by atoms with Gasteiger partial charge in [-0.25, -0.2) is 15.8 Å². The number of ether oxygens (including phenoxy) is 1. The average molecular weight is 211 g/mol. The van der Waals surface area contributed by atoms with Gasteiger partial charge in [0.2, 0.25) is 0 Å². The van der Waals surface area contributed by atoms with Crippen LogP contribution in [0, 0.1) is 0 Å². The van der Waals surface area contributed by atoms with E-state index in [4.69, 9.17) is 10.6 Å². The molecule has 15 heavy (non-hydrogen) atoms. The van der Waals surface area contributed by atoms with E-state index in [9.17, 15) is 0 Å². The lowest BCUT2D eigenvalue weighted by Crippen LogP contribution is -2.20. The fourth-order valence-corrected chi connectivity index (χ4v) is 1.11. The Morgan fingerprint density at radius 1 is 1.53 bits per heavy atom. The molecule has 6 nitrogen and oxygen atoms in total. The van der Waals surface area contributed by atoms with Crippen LogP contribution in [0.1, 0.15) is 12.7 Å². The second kappa shape index (κ2) is 5.47. The molecule has 0 unspecified atom stereocenters. The van der Waals surface area contributed by atoms with Gasteiger partial charge in [-0.1, -0.05) is 0 Å². The standard InChI is InChI=1S/C9H17N5O/c1-4-14(2)9-5-7(13-10)11-8(12-9)6-15-3/h5H,4,6,10H2,1-3H3,(H,11,12,13). The van der Waals surface area contributed by atoms with Crippen molar-refractivity contribution in [2.45, 2.75) is 13.5 Å². The number of rotatable bonds is 5. The average Bonchev–Trinajstić information content (AvgIpc) is 2.28. The first kappa shape index (κ1) is 11.7. The normalized spacial score (nSPS) is 10.1. The number of hydrazine groups is 1. The van der Waals surface area contributed by atoms with Gasteiger partial charge in [0.25, 0.3) is 0 Å². The van der Waals surface area contributed by atoms with Crippen LogP contribution in [0.15, 0.2) is 6.07 Å². The summed E-state index contributed by atoms with van der Waals surface area (Å²) in [6, 6.07) is 1.79. The molecular formula is C9H17N5O. The number of nitrogens with one attached hydrogen (secondary N) is 1. The molecule has 3 N–H and O–H groups in total. The third-order valence-corrected chi connectivity index (χ3v) is 2.05. The van der Waals surface area contributed by atoms with E-state index >= 15 is 0 Å². The smallest absolute Gasteiger partial charge is 0.158 e. The summed E-state index contributed by atoms with van der Waals surface area (Å²) in [6.45, 7) is 3.29. The number of aromatic nitrogens is 2. The van der Waals surface area contributed by atoms with Gasteiger partial charge < -0.3 is 15.1 Å². The summed E-state index contributed by atoms with van der Waals surface area (Å²) < 4.78 is 4.98. The molecule has 0 aliphatic heterocycles. The van der Waals surface area contributed by atoms with E-state index in [1.807, 2.05) is 18.9 Å². The fourth-order valence-electron chi connectivity index (χ4n) is 1.11. The van der Waals surface area contributed by atoms with Crippen LogP contribution < -0.4 is 16.2 Å². The van der Waals surface area contributed by atoms with Gasteiger partial charge in [-0.3, -0.25) is 0 Å². The molecular weight excluding hydrogens is 194 g/mol. The SMILES string of the molecule is CCN(C)c1cc(NN)nc(COC)n1. The molecule has 0 radical (unpaired) electrons. The monoisotopic (exact) mass is 211 g/mol. The number of nitrogens with two attached hydrogens (primary N) is 1. The fraction of sp³-hybridized carbons (Fsp3) is 0.556. The zero-order chi connectivity index (χ0) is 11.3. The molecule has 6 heteroatoms. The van der Waals surface area contributed by atoms with Crippen molar-refractivity contribution in [3.8, 4) is 0 Å². The predicted molar refractivity (Wildman–Crippen MR) is 59.5 cm³/mol. The third kappa shape index (κ3) is 3.03. The Balaban J connectivity index is 2.99. The lowest BCUT2D eigenvalue weighted by atomic mass is 10.4. The summed E-state index contributed by atoms with van der Waals surface area (Å²) in [7, 11) is 3.56. The number of nitrogen functional groups attached to an aromatic ring is 1. The van der Waals surface area contributed by atoms with Gasteiger partial charge in [-0.15, -0.1) is 0 Å². The van der Waals surface area contributed by atoms with Crippen LogP contribution in [-0.4, -0.2) is 30.7 Å². The van der Waals surface area contributed by atoms with E-state index < -0.39 is 0 Å². The molecule has 0 amide bonds. The van der Waals surface area contributed by atoms with Crippen molar-refractivity contribution in [3.05, 3.63) is 11.9 Å². The number of nitrogens with zero attached hydrogens (tertiary/aromatic N) is 3.